The summed E-state index contributed by atoms with van der Waals surface area (Å²) in [4.78, 5) is 23.0. The van der Waals surface area contributed by atoms with E-state index >= 15 is 0 Å². The van der Waals surface area contributed by atoms with Crippen molar-refractivity contribution in [2.24, 2.45) is 5.73 Å². The van der Waals surface area contributed by atoms with Crippen LogP contribution < -0.4 is 10.6 Å². The average molecular weight is 614 g/mol. The number of carboxylic acid groups (broad SMARTS) is 1. The quantitative estimate of drug-likeness (QED) is 0.276. The first kappa shape index (κ1) is 28.4. The van der Waals surface area contributed by atoms with Gasteiger partial charge >= 0.3 is 16.3 Å². The number of primary amides is 1. The lowest BCUT2D eigenvalue weighted by molar-refractivity contribution is -0.120. The lowest BCUT2D eigenvalue weighted by Crippen LogP contribution is -2.35. The van der Waals surface area contributed by atoms with Gasteiger partial charge in [0, 0.05) is 5.56 Å². The molecule has 3 N–H and O–H groups in total. The van der Waals surface area contributed by atoms with Crippen LogP contribution in [0.1, 0.15) is 29.7 Å². The number of nitriles is 1. The fraction of sp³-hybridized carbons (Fsp3) is 0.182. The summed E-state index contributed by atoms with van der Waals surface area (Å²) >= 11 is 12.0. The van der Waals surface area contributed by atoms with Gasteiger partial charge in [-0.05, 0) is 42.7 Å². The summed E-state index contributed by atoms with van der Waals surface area (Å²) in [5.74, 6) is -2.12. The molecule has 0 atom stereocenters. The van der Waals surface area contributed by atoms with E-state index in [1.807, 2.05) is 0 Å². The van der Waals surface area contributed by atoms with Crippen molar-refractivity contribution in [2.45, 2.75) is 29.7 Å². The first-order valence-corrected chi connectivity index (χ1v) is 13.3. The van der Waals surface area contributed by atoms with Crippen LogP contribution in [0.2, 0.25) is 10.0 Å². The molecule has 1 aliphatic rings. The van der Waals surface area contributed by atoms with Crippen molar-refractivity contribution in [1.82, 2.24) is 9.78 Å². The minimum absolute atomic E-state index is 0.0737. The zero-order valence-electron chi connectivity index (χ0n) is 19.1. The van der Waals surface area contributed by atoms with Gasteiger partial charge < -0.3 is 10.8 Å². The van der Waals surface area contributed by atoms with Crippen molar-refractivity contribution in [3.8, 4) is 11.8 Å². The molecule has 4 rings (SSSR count). The number of anilines is 1. The molecule has 0 saturated heterocycles. The Morgan fingerprint density at radius 3 is 2.08 bits per heavy atom. The summed E-state index contributed by atoms with van der Waals surface area (Å²) < 4.78 is 81.3. The Kier molecular flexibility index (Phi) is 6.15. The predicted octanol–water partition coefficient (Wildman–Crippen LogP) is 7.05. The van der Waals surface area contributed by atoms with Crippen LogP contribution in [0.4, 0.5) is 34.4 Å². The smallest absolute Gasteiger partial charge is 0.413 e. The highest BCUT2D eigenvalue weighted by atomic mass is 35.5. The number of carbonyl (C=O) groups is 2. The molecule has 1 aliphatic carbocycles. The third kappa shape index (κ3) is 5.19. The molecule has 0 bridgehead atoms. The number of halogens is 8. The molecule has 1 aromatic heterocycles. The van der Waals surface area contributed by atoms with Gasteiger partial charge in [-0.2, -0.15) is 10.4 Å². The van der Waals surface area contributed by atoms with E-state index in [0.29, 0.717) is 9.58 Å². The Labute approximate surface area is 225 Å². The van der Waals surface area contributed by atoms with Gasteiger partial charge in [0.1, 0.15) is 28.3 Å². The standard InChI is InChI=1S/C22H15Cl2F6N5O3S/c23-14-7-13(39(26,27,28,29)30)8-15(24)18(14)35-19(17(16(9-31)33-35)22(5-6-22)20(32)36)34(21(37)38)10-11-1-3-12(25)4-2-11/h1-4,7-8H,5-6,10H2,(H2,32,36)(H,37,38). The van der Waals surface area contributed by atoms with E-state index < -0.39 is 72.1 Å². The molecular weight excluding hydrogens is 599 g/mol. The lowest BCUT2D eigenvalue weighted by Gasteiger charge is -2.40. The van der Waals surface area contributed by atoms with Crippen molar-refractivity contribution in [1.29, 1.82) is 5.26 Å². The first-order valence-electron chi connectivity index (χ1n) is 10.6. The van der Waals surface area contributed by atoms with Crippen molar-refractivity contribution < 1.29 is 38.5 Å². The molecule has 17 heteroatoms. The minimum Gasteiger partial charge on any atom is -0.465 e. The third-order valence-corrected chi connectivity index (χ3v) is 7.76. The Bertz CT molecular complexity index is 1560. The minimum atomic E-state index is -10.2. The summed E-state index contributed by atoms with van der Waals surface area (Å²) in [5.41, 5.74) is 2.72. The van der Waals surface area contributed by atoms with E-state index in [4.69, 9.17) is 28.9 Å². The number of hydrogen-bond donors (Lipinski definition) is 2. The van der Waals surface area contributed by atoms with Gasteiger partial charge in [0.05, 0.1) is 22.0 Å². The van der Waals surface area contributed by atoms with Crippen LogP contribution in [0, 0.1) is 17.1 Å². The van der Waals surface area contributed by atoms with Crippen LogP contribution >= 0.6 is 33.4 Å². The molecule has 3 aromatic rings. The lowest BCUT2D eigenvalue weighted by atomic mass is 9.94. The van der Waals surface area contributed by atoms with Crippen molar-refractivity contribution in [3.63, 3.8) is 0 Å². The Hall–Kier alpha value is -3.61. The number of benzene rings is 2. The van der Waals surface area contributed by atoms with Gasteiger partial charge in [0.25, 0.3) is 0 Å². The molecule has 0 radical (unpaired) electrons. The second-order valence-electron chi connectivity index (χ2n) is 8.72. The SMILES string of the molecule is N#Cc1nn(-c2c(Cl)cc(S(F)(F)(F)(F)F)cc2Cl)c(N(Cc2ccc(F)cc2)C(=O)O)c1C1(C(N)=O)CC1. The third-order valence-electron chi connectivity index (χ3n) is 6.06. The zero-order valence-corrected chi connectivity index (χ0v) is 21.5. The van der Waals surface area contributed by atoms with E-state index in [-0.39, 0.29) is 36.1 Å². The number of nitrogens with two attached hydrogens (primary N) is 1. The first-order chi connectivity index (χ1) is 17.8. The monoisotopic (exact) mass is 613 g/mol. The second-order valence-corrected chi connectivity index (χ2v) is 11.9. The highest BCUT2D eigenvalue weighted by molar-refractivity contribution is 8.45. The Morgan fingerprint density at radius 2 is 1.67 bits per heavy atom. The van der Waals surface area contributed by atoms with Gasteiger partial charge in [-0.1, -0.05) is 54.8 Å². The van der Waals surface area contributed by atoms with Crippen molar-refractivity contribution in [2.75, 3.05) is 4.90 Å². The molecule has 2 amide bonds. The van der Waals surface area contributed by atoms with Gasteiger partial charge in [-0.15, -0.1) is 0 Å². The van der Waals surface area contributed by atoms with E-state index in [1.165, 1.54) is 12.1 Å². The van der Waals surface area contributed by atoms with E-state index in [0.717, 1.165) is 12.1 Å². The van der Waals surface area contributed by atoms with Crippen LogP contribution in [0.25, 0.3) is 5.69 Å². The van der Waals surface area contributed by atoms with E-state index in [2.05, 4.69) is 5.10 Å². The zero-order chi connectivity index (χ0) is 29.2. The highest BCUT2D eigenvalue weighted by Crippen LogP contribution is 3.02. The molecule has 208 valence electrons. The normalized spacial score (nSPS) is 16.1. The van der Waals surface area contributed by atoms with Crippen molar-refractivity contribution >= 4 is 51.2 Å². The number of aromatic nitrogens is 2. The Balaban J connectivity index is 2.05. The molecule has 1 saturated carbocycles. The molecule has 1 fully saturated rings. The summed E-state index contributed by atoms with van der Waals surface area (Å²) in [6, 6.07) is 6.03. The number of amides is 2. The van der Waals surface area contributed by atoms with E-state index in [1.54, 1.807) is 6.07 Å². The van der Waals surface area contributed by atoms with Gasteiger partial charge in [0.15, 0.2) is 5.69 Å². The van der Waals surface area contributed by atoms with Crippen LogP contribution in [0.3, 0.4) is 0 Å². The molecule has 0 spiro atoms. The molecular formula is C22H15Cl2F6N5O3S. The number of carbonyl (C=O) groups excluding carboxylic acids is 1. The number of nitrogens with zero attached hydrogens (tertiary/aromatic N) is 4. The molecule has 0 aliphatic heterocycles. The van der Waals surface area contributed by atoms with Crippen LogP contribution in [-0.4, -0.2) is 26.9 Å². The maximum atomic E-state index is 13.5. The Morgan fingerprint density at radius 1 is 1.13 bits per heavy atom. The largest absolute Gasteiger partial charge is 0.465 e. The maximum Gasteiger partial charge on any atom is 0.413 e. The highest BCUT2D eigenvalue weighted by Gasteiger charge is 2.66. The molecule has 8 nitrogen and oxygen atoms in total. The maximum absolute atomic E-state index is 13.5. The summed E-state index contributed by atoms with van der Waals surface area (Å²) in [6.45, 7) is -0.535. The molecule has 39 heavy (non-hydrogen) atoms. The predicted molar refractivity (Wildman–Crippen MR) is 130 cm³/mol. The summed E-state index contributed by atoms with van der Waals surface area (Å²) in [6.07, 6.45) is -1.54. The van der Waals surface area contributed by atoms with Crippen LogP contribution in [0.15, 0.2) is 41.3 Å². The fourth-order valence-corrected chi connectivity index (χ4v) is 5.51. The van der Waals surface area contributed by atoms with Gasteiger partial charge in [-0.25, -0.2) is 13.9 Å². The average Bonchev–Trinajstić information content (AvgIpc) is 3.52. The fourth-order valence-electron chi connectivity index (χ4n) is 4.05. The molecule has 2 aromatic carbocycles. The van der Waals surface area contributed by atoms with Gasteiger partial charge in [0.2, 0.25) is 5.91 Å². The van der Waals surface area contributed by atoms with Crippen molar-refractivity contribution in [3.05, 3.63) is 69.1 Å². The molecule has 0 unspecified atom stereocenters. The molecule has 1 heterocycles. The van der Waals surface area contributed by atoms with E-state index in [9.17, 15) is 43.8 Å². The topological polar surface area (TPSA) is 125 Å². The number of hydrogen-bond acceptors (Lipinski definition) is 4. The summed E-state index contributed by atoms with van der Waals surface area (Å²) in [5, 5.41) is 21.8. The van der Waals surface area contributed by atoms with Crippen LogP contribution in [0.5, 0.6) is 0 Å². The van der Waals surface area contributed by atoms with Gasteiger partial charge in [-0.3, -0.25) is 9.69 Å². The summed E-state index contributed by atoms with van der Waals surface area (Å²) in [7, 11) is -10.2. The second kappa shape index (κ2) is 8.44. The van der Waals surface area contributed by atoms with Crippen LogP contribution in [-0.2, 0) is 16.8 Å². The number of rotatable bonds is 7.